The number of rotatable bonds is 5. The number of benzene rings is 2. The van der Waals surface area contributed by atoms with Gasteiger partial charge in [-0.05, 0) is 44.5 Å². The maximum Gasteiger partial charge on any atom is 0.278 e. The van der Waals surface area contributed by atoms with Gasteiger partial charge in [0.2, 0.25) is 5.91 Å². The predicted molar refractivity (Wildman–Crippen MR) is 104 cm³/mol. The second-order valence-corrected chi connectivity index (χ2v) is 6.63. The van der Waals surface area contributed by atoms with E-state index in [9.17, 15) is 18.4 Å². The van der Waals surface area contributed by atoms with Crippen molar-refractivity contribution < 1.29 is 18.4 Å². The summed E-state index contributed by atoms with van der Waals surface area (Å²) in [5.41, 5.74) is 2.93. The molecule has 29 heavy (non-hydrogen) atoms. The van der Waals surface area contributed by atoms with Crippen molar-refractivity contribution in [3.63, 3.8) is 0 Å². The van der Waals surface area contributed by atoms with Crippen molar-refractivity contribution in [2.45, 2.75) is 27.3 Å². The SMILES string of the molecule is Cc1ccc(NC(=O)c2nnn(CC(=O)Nc3ccc(F)cc3F)c2C)c(C)c1. The van der Waals surface area contributed by atoms with Crippen LogP contribution in [0.4, 0.5) is 20.2 Å². The lowest BCUT2D eigenvalue weighted by molar-refractivity contribution is -0.117. The molecule has 3 rings (SSSR count). The zero-order valence-corrected chi connectivity index (χ0v) is 16.1. The second-order valence-electron chi connectivity index (χ2n) is 6.63. The summed E-state index contributed by atoms with van der Waals surface area (Å²) >= 11 is 0. The van der Waals surface area contributed by atoms with Crippen LogP contribution in [-0.2, 0) is 11.3 Å². The maximum atomic E-state index is 13.7. The van der Waals surface area contributed by atoms with Gasteiger partial charge in [0.25, 0.3) is 5.91 Å². The Morgan fingerprint density at radius 2 is 1.72 bits per heavy atom. The first kappa shape index (κ1) is 20.1. The van der Waals surface area contributed by atoms with Crippen LogP contribution in [0.3, 0.4) is 0 Å². The number of carbonyl (C=O) groups is 2. The Labute approximate surface area is 165 Å². The van der Waals surface area contributed by atoms with E-state index in [4.69, 9.17) is 0 Å². The van der Waals surface area contributed by atoms with E-state index in [1.54, 1.807) is 13.0 Å². The number of aryl methyl sites for hydroxylation is 2. The van der Waals surface area contributed by atoms with Gasteiger partial charge in [-0.3, -0.25) is 9.59 Å². The molecule has 0 atom stereocenters. The number of amides is 2. The quantitative estimate of drug-likeness (QED) is 0.688. The lowest BCUT2D eigenvalue weighted by Crippen LogP contribution is -2.21. The van der Waals surface area contributed by atoms with Gasteiger partial charge in [0.15, 0.2) is 5.69 Å². The van der Waals surface area contributed by atoms with Crippen LogP contribution in [0.25, 0.3) is 0 Å². The van der Waals surface area contributed by atoms with Gasteiger partial charge in [-0.15, -0.1) is 5.10 Å². The first-order valence-corrected chi connectivity index (χ1v) is 8.78. The van der Waals surface area contributed by atoms with Gasteiger partial charge in [-0.1, -0.05) is 22.9 Å². The third-order valence-corrected chi connectivity index (χ3v) is 4.33. The van der Waals surface area contributed by atoms with E-state index in [0.717, 1.165) is 23.3 Å². The molecule has 9 heteroatoms. The molecule has 150 valence electrons. The summed E-state index contributed by atoms with van der Waals surface area (Å²) in [6.45, 7) is 5.15. The highest BCUT2D eigenvalue weighted by Gasteiger charge is 2.19. The molecule has 0 bridgehead atoms. The molecular weight excluding hydrogens is 380 g/mol. The second kappa shape index (κ2) is 8.17. The number of nitrogens with zero attached hydrogens (tertiary/aromatic N) is 3. The summed E-state index contributed by atoms with van der Waals surface area (Å²) in [7, 11) is 0. The Morgan fingerprint density at radius 3 is 2.41 bits per heavy atom. The molecule has 0 saturated carbocycles. The van der Waals surface area contributed by atoms with Crippen LogP contribution in [-0.4, -0.2) is 26.8 Å². The molecule has 0 aliphatic carbocycles. The first-order valence-electron chi connectivity index (χ1n) is 8.78. The average Bonchev–Trinajstić information content (AvgIpc) is 3.00. The molecule has 0 aliphatic heterocycles. The van der Waals surface area contributed by atoms with Crippen LogP contribution in [0.5, 0.6) is 0 Å². The minimum absolute atomic E-state index is 0.0748. The van der Waals surface area contributed by atoms with Crippen molar-refractivity contribution in [2.75, 3.05) is 10.6 Å². The number of carbonyl (C=O) groups excluding carboxylic acids is 2. The molecule has 0 unspecified atom stereocenters. The Bertz CT molecular complexity index is 1090. The Hall–Kier alpha value is -3.62. The normalized spacial score (nSPS) is 10.7. The van der Waals surface area contributed by atoms with E-state index < -0.39 is 23.4 Å². The topological polar surface area (TPSA) is 88.9 Å². The fourth-order valence-corrected chi connectivity index (χ4v) is 2.77. The molecule has 0 spiro atoms. The molecule has 0 fully saturated rings. The van der Waals surface area contributed by atoms with Crippen molar-refractivity contribution in [3.8, 4) is 0 Å². The molecule has 0 radical (unpaired) electrons. The first-order chi connectivity index (χ1) is 13.7. The lowest BCUT2D eigenvalue weighted by atomic mass is 10.1. The van der Waals surface area contributed by atoms with Crippen molar-refractivity contribution in [1.82, 2.24) is 15.0 Å². The highest BCUT2D eigenvalue weighted by Crippen LogP contribution is 2.18. The van der Waals surface area contributed by atoms with Gasteiger partial charge < -0.3 is 10.6 Å². The van der Waals surface area contributed by atoms with Crippen molar-refractivity contribution >= 4 is 23.2 Å². The molecule has 7 nitrogen and oxygen atoms in total. The summed E-state index contributed by atoms with van der Waals surface area (Å²) in [5.74, 6) is -2.68. The number of aromatic nitrogens is 3. The highest BCUT2D eigenvalue weighted by atomic mass is 19.1. The van der Waals surface area contributed by atoms with E-state index in [0.29, 0.717) is 17.4 Å². The van der Waals surface area contributed by atoms with Crippen molar-refractivity contribution in [2.24, 2.45) is 0 Å². The van der Waals surface area contributed by atoms with Gasteiger partial charge in [-0.2, -0.15) is 0 Å². The molecule has 2 amide bonds. The van der Waals surface area contributed by atoms with Gasteiger partial charge in [0.05, 0.1) is 11.4 Å². The fraction of sp³-hybridized carbons (Fsp3) is 0.200. The number of anilines is 2. The van der Waals surface area contributed by atoms with E-state index in [1.165, 1.54) is 4.68 Å². The maximum absolute atomic E-state index is 13.7. The third kappa shape index (κ3) is 4.63. The summed E-state index contributed by atoms with van der Waals surface area (Å²) in [4.78, 5) is 24.7. The summed E-state index contributed by atoms with van der Waals surface area (Å²) < 4.78 is 27.8. The average molecular weight is 399 g/mol. The van der Waals surface area contributed by atoms with Crippen LogP contribution >= 0.6 is 0 Å². The van der Waals surface area contributed by atoms with Crippen LogP contribution in [0.2, 0.25) is 0 Å². The number of hydrogen-bond acceptors (Lipinski definition) is 4. The number of nitrogens with one attached hydrogen (secondary N) is 2. The third-order valence-electron chi connectivity index (χ3n) is 4.33. The van der Waals surface area contributed by atoms with E-state index in [2.05, 4.69) is 20.9 Å². The van der Waals surface area contributed by atoms with E-state index >= 15 is 0 Å². The largest absolute Gasteiger partial charge is 0.322 e. The lowest BCUT2D eigenvalue weighted by Gasteiger charge is -2.09. The van der Waals surface area contributed by atoms with Crippen molar-refractivity contribution in [1.29, 1.82) is 0 Å². The molecule has 1 heterocycles. The molecule has 1 aromatic heterocycles. The van der Waals surface area contributed by atoms with Crippen LogP contribution in [0.15, 0.2) is 36.4 Å². The van der Waals surface area contributed by atoms with E-state index in [1.807, 2.05) is 26.0 Å². The van der Waals surface area contributed by atoms with Gasteiger partial charge >= 0.3 is 0 Å². The zero-order valence-electron chi connectivity index (χ0n) is 16.1. The van der Waals surface area contributed by atoms with Crippen LogP contribution in [0, 0.1) is 32.4 Å². The number of halogens is 2. The zero-order chi connectivity index (χ0) is 21.1. The van der Waals surface area contributed by atoms with Gasteiger partial charge in [0.1, 0.15) is 18.2 Å². The van der Waals surface area contributed by atoms with Crippen molar-refractivity contribution in [3.05, 3.63) is 70.5 Å². The highest BCUT2D eigenvalue weighted by molar-refractivity contribution is 6.04. The standard InChI is InChI=1S/C20H19F2N5O2/c1-11-4-6-16(12(2)8-11)24-20(29)19-13(3)27(26-25-19)10-18(28)23-17-7-5-14(21)9-15(17)22/h4-9H,10H2,1-3H3,(H,23,28)(H,24,29). The van der Waals surface area contributed by atoms with Crippen LogP contribution < -0.4 is 10.6 Å². The minimum Gasteiger partial charge on any atom is -0.322 e. The Kier molecular flexibility index (Phi) is 5.67. The molecular formula is C20H19F2N5O2. The number of hydrogen-bond donors (Lipinski definition) is 2. The van der Waals surface area contributed by atoms with E-state index in [-0.39, 0.29) is 17.9 Å². The smallest absolute Gasteiger partial charge is 0.278 e. The molecule has 2 aromatic carbocycles. The summed E-state index contributed by atoms with van der Waals surface area (Å²) in [5, 5.41) is 12.8. The fourth-order valence-electron chi connectivity index (χ4n) is 2.77. The Balaban J connectivity index is 1.69. The molecule has 3 aromatic rings. The molecule has 2 N–H and O–H groups in total. The summed E-state index contributed by atoms with van der Waals surface area (Å²) in [6.07, 6.45) is 0. The molecule has 0 aliphatic rings. The Morgan fingerprint density at radius 1 is 1.00 bits per heavy atom. The monoisotopic (exact) mass is 399 g/mol. The minimum atomic E-state index is -0.887. The summed E-state index contributed by atoms with van der Waals surface area (Å²) in [6, 6.07) is 8.46. The predicted octanol–water partition coefficient (Wildman–Crippen LogP) is 3.37. The molecule has 0 saturated heterocycles. The van der Waals surface area contributed by atoms with Gasteiger partial charge in [-0.25, -0.2) is 13.5 Å². The van der Waals surface area contributed by atoms with Crippen LogP contribution in [0.1, 0.15) is 27.3 Å². The van der Waals surface area contributed by atoms with Gasteiger partial charge in [0, 0.05) is 11.8 Å².